The van der Waals surface area contributed by atoms with Crippen LogP contribution in [0.15, 0.2) is 24.3 Å². The van der Waals surface area contributed by atoms with Crippen LogP contribution in [0.5, 0.6) is 5.75 Å². The molecule has 0 aliphatic heterocycles. The Kier molecular flexibility index (Phi) is 6.49. The molecule has 3 nitrogen and oxygen atoms in total. The van der Waals surface area contributed by atoms with Gasteiger partial charge in [0.05, 0.1) is 0 Å². The Labute approximate surface area is 140 Å². The minimum absolute atomic E-state index is 0.000661. The van der Waals surface area contributed by atoms with Crippen molar-refractivity contribution in [3.05, 3.63) is 29.8 Å². The van der Waals surface area contributed by atoms with Gasteiger partial charge in [0.2, 0.25) is 0 Å². The zero-order valence-electron chi connectivity index (χ0n) is 14.9. The molecule has 1 amide bonds. The Balaban J connectivity index is 1.87. The summed E-state index contributed by atoms with van der Waals surface area (Å²) in [5.74, 6) is 0.812. The number of carbonyl (C=O) groups excluding carboxylic acids is 1. The van der Waals surface area contributed by atoms with Crippen LogP contribution in [0.1, 0.15) is 71.3 Å². The van der Waals surface area contributed by atoms with Crippen molar-refractivity contribution < 1.29 is 9.53 Å². The van der Waals surface area contributed by atoms with Crippen molar-refractivity contribution in [1.82, 2.24) is 5.32 Å². The standard InChI is InChI=1S/C20H31NO2/c1-20(2,3)17-13-9-10-14-18(17)23-15-19(22)21-16-11-7-5-4-6-8-12-16/h9-10,13-14,16H,4-8,11-12,15H2,1-3H3,(H,21,22). The lowest BCUT2D eigenvalue weighted by atomic mass is 9.86. The molecule has 0 atom stereocenters. The van der Waals surface area contributed by atoms with Crippen molar-refractivity contribution in [2.24, 2.45) is 0 Å². The van der Waals surface area contributed by atoms with Gasteiger partial charge in [-0.05, 0) is 29.9 Å². The Hall–Kier alpha value is -1.51. The fraction of sp³-hybridized carbons (Fsp3) is 0.650. The molecule has 3 heteroatoms. The van der Waals surface area contributed by atoms with Gasteiger partial charge in [-0.2, -0.15) is 0 Å². The SMILES string of the molecule is CC(C)(C)c1ccccc1OCC(=O)NC1CCCCCCC1. The topological polar surface area (TPSA) is 38.3 Å². The first-order valence-corrected chi connectivity index (χ1v) is 8.98. The number of nitrogens with one attached hydrogen (secondary N) is 1. The predicted molar refractivity (Wildman–Crippen MR) is 94.9 cm³/mol. The molecule has 0 radical (unpaired) electrons. The van der Waals surface area contributed by atoms with Crippen LogP contribution in [0.2, 0.25) is 0 Å². The minimum Gasteiger partial charge on any atom is -0.483 e. The molecule has 1 aromatic rings. The first-order chi connectivity index (χ1) is 11.0. The molecule has 1 aliphatic rings. The maximum Gasteiger partial charge on any atom is 0.258 e. The molecule has 1 N–H and O–H groups in total. The summed E-state index contributed by atoms with van der Waals surface area (Å²) >= 11 is 0. The van der Waals surface area contributed by atoms with Crippen LogP contribution in [-0.4, -0.2) is 18.6 Å². The summed E-state index contributed by atoms with van der Waals surface area (Å²) in [4.78, 5) is 12.2. The third-order valence-corrected chi connectivity index (χ3v) is 4.52. The monoisotopic (exact) mass is 317 g/mol. The maximum absolute atomic E-state index is 12.2. The highest BCUT2D eigenvalue weighted by Gasteiger charge is 2.19. The van der Waals surface area contributed by atoms with Crippen molar-refractivity contribution in [2.45, 2.75) is 77.2 Å². The second-order valence-corrected chi connectivity index (χ2v) is 7.64. The highest BCUT2D eigenvalue weighted by Crippen LogP contribution is 2.30. The molecule has 2 rings (SSSR count). The molecule has 0 unspecified atom stereocenters. The van der Waals surface area contributed by atoms with Crippen LogP contribution in [0, 0.1) is 0 Å². The normalized spacial score (nSPS) is 17.2. The minimum atomic E-state index is -0.000661. The molecule has 1 aromatic carbocycles. The molecule has 0 bridgehead atoms. The summed E-state index contributed by atoms with van der Waals surface area (Å²) in [6.45, 7) is 6.57. The lowest BCUT2D eigenvalue weighted by molar-refractivity contribution is -0.124. The van der Waals surface area contributed by atoms with Crippen molar-refractivity contribution in [1.29, 1.82) is 0 Å². The largest absolute Gasteiger partial charge is 0.483 e. The van der Waals surface area contributed by atoms with Crippen LogP contribution >= 0.6 is 0 Å². The van der Waals surface area contributed by atoms with Crippen LogP contribution < -0.4 is 10.1 Å². The molecule has 1 aliphatic carbocycles. The van der Waals surface area contributed by atoms with Gasteiger partial charge in [0.15, 0.2) is 6.61 Å². The third-order valence-electron chi connectivity index (χ3n) is 4.52. The van der Waals surface area contributed by atoms with E-state index in [4.69, 9.17) is 4.74 Å². The fourth-order valence-corrected chi connectivity index (χ4v) is 3.23. The third kappa shape index (κ3) is 5.89. The zero-order valence-corrected chi connectivity index (χ0v) is 14.9. The van der Waals surface area contributed by atoms with Gasteiger partial charge in [-0.15, -0.1) is 0 Å². The fourth-order valence-electron chi connectivity index (χ4n) is 3.23. The molecule has 0 spiro atoms. The average molecular weight is 317 g/mol. The van der Waals surface area contributed by atoms with E-state index in [0.29, 0.717) is 6.04 Å². The number of amides is 1. The van der Waals surface area contributed by atoms with Gasteiger partial charge in [0.1, 0.15) is 5.75 Å². The maximum atomic E-state index is 12.2. The van der Waals surface area contributed by atoms with Crippen molar-refractivity contribution in [2.75, 3.05) is 6.61 Å². The summed E-state index contributed by atoms with van der Waals surface area (Å²) in [5.41, 5.74) is 1.14. The van der Waals surface area contributed by atoms with E-state index < -0.39 is 0 Å². The van der Waals surface area contributed by atoms with Crippen molar-refractivity contribution in [3.63, 3.8) is 0 Å². The van der Waals surface area contributed by atoms with Gasteiger partial charge >= 0.3 is 0 Å². The highest BCUT2D eigenvalue weighted by molar-refractivity contribution is 5.77. The average Bonchev–Trinajstić information content (AvgIpc) is 2.47. The molecule has 1 saturated carbocycles. The number of ether oxygens (including phenoxy) is 1. The van der Waals surface area contributed by atoms with E-state index in [-0.39, 0.29) is 17.9 Å². The van der Waals surface area contributed by atoms with Crippen LogP contribution in [0.25, 0.3) is 0 Å². The number of hydrogen-bond donors (Lipinski definition) is 1. The van der Waals surface area contributed by atoms with Gasteiger partial charge < -0.3 is 10.1 Å². The Bertz CT molecular complexity index is 497. The quantitative estimate of drug-likeness (QED) is 0.882. The second kappa shape index (κ2) is 8.37. The van der Waals surface area contributed by atoms with Gasteiger partial charge in [0.25, 0.3) is 5.91 Å². The molecule has 0 saturated heterocycles. The molecular weight excluding hydrogens is 286 g/mol. The number of para-hydroxylation sites is 1. The lowest BCUT2D eigenvalue weighted by Gasteiger charge is -2.23. The summed E-state index contributed by atoms with van der Waals surface area (Å²) in [6.07, 6.45) is 8.57. The number of benzene rings is 1. The summed E-state index contributed by atoms with van der Waals surface area (Å²) in [7, 11) is 0. The van der Waals surface area contributed by atoms with Crippen molar-refractivity contribution in [3.8, 4) is 5.75 Å². The molecule has 0 heterocycles. The number of hydrogen-bond acceptors (Lipinski definition) is 2. The van der Waals surface area contributed by atoms with Crippen LogP contribution in [-0.2, 0) is 10.2 Å². The van der Waals surface area contributed by atoms with E-state index in [1.54, 1.807) is 0 Å². The molecule has 23 heavy (non-hydrogen) atoms. The Morgan fingerprint density at radius 2 is 1.70 bits per heavy atom. The summed E-state index contributed by atoms with van der Waals surface area (Å²) < 4.78 is 5.81. The van der Waals surface area contributed by atoms with Gasteiger partial charge in [0, 0.05) is 6.04 Å². The van der Waals surface area contributed by atoms with Crippen LogP contribution in [0.3, 0.4) is 0 Å². The smallest absolute Gasteiger partial charge is 0.258 e. The van der Waals surface area contributed by atoms with E-state index in [1.807, 2.05) is 18.2 Å². The molecular formula is C20H31NO2. The molecule has 1 fully saturated rings. The first-order valence-electron chi connectivity index (χ1n) is 8.98. The van der Waals surface area contributed by atoms with Gasteiger partial charge in [-0.25, -0.2) is 0 Å². The van der Waals surface area contributed by atoms with Crippen molar-refractivity contribution >= 4 is 5.91 Å². The second-order valence-electron chi connectivity index (χ2n) is 7.64. The molecule has 0 aromatic heterocycles. The van der Waals surface area contributed by atoms with E-state index in [2.05, 4.69) is 32.2 Å². The van der Waals surface area contributed by atoms with E-state index in [0.717, 1.165) is 24.2 Å². The number of carbonyl (C=O) groups is 1. The first kappa shape index (κ1) is 17.8. The van der Waals surface area contributed by atoms with Crippen LogP contribution in [0.4, 0.5) is 0 Å². The predicted octanol–water partition coefficient (Wildman–Crippen LogP) is 4.59. The zero-order chi connectivity index (χ0) is 16.7. The van der Waals surface area contributed by atoms with Gasteiger partial charge in [-0.3, -0.25) is 4.79 Å². The van der Waals surface area contributed by atoms with E-state index in [1.165, 1.54) is 32.1 Å². The Morgan fingerprint density at radius 3 is 2.35 bits per heavy atom. The summed E-state index contributed by atoms with van der Waals surface area (Å²) in [5, 5.41) is 3.15. The van der Waals surface area contributed by atoms with E-state index in [9.17, 15) is 4.79 Å². The number of rotatable bonds is 4. The summed E-state index contributed by atoms with van der Waals surface area (Å²) in [6, 6.07) is 8.31. The Morgan fingerprint density at radius 1 is 1.09 bits per heavy atom. The van der Waals surface area contributed by atoms with E-state index >= 15 is 0 Å². The molecule has 128 valence electrons. The lowest BCUT2D eigenvalue weighted by Crippen LogP contribution is -2.38. The van der Waals surface area contributed by atoms with Gasteiger partial charge in [-0.1, -0.05) is 71.1 Å². The highest BCUT2D eigenvalue weighted by atomic mass is 16.5.